The van der Waals surface area contributed by atoms with Crippen molar-refractivity contribution < 1.29 is 14.3 Å². The lowest BCUT2D eigenvalue weighted by atomic mass is 10.0. The number of rotatable bonds is 2. The molecule has 0 radical (unpaired) electrons. The topological polar surface area (TPSA) is 52.4 Å². The number of ether oxygens (including phenoxy) is 1. The third kappa shape index (κ3) is 1.77. The van der Waals surface area contributed by atoms with Gasteiger partial charge in [-0.2, -0.15) is 4.74 Å². The molecule has 0 bridgehead atoms. The van der Waals surface area contributed by atoms with Gasteiger partial charge < -0.3 is 9.94 Å². The molecule has 0 aromatic heterocycles. The molecule has 2 aromatic carbocycles. The zero-order chi connectivity index (χ0) is 14.3. The molecule has 0 N–H and O–H groups in total. The van der Waals surface area contributed by atoms with Gasteiger partial charge in [0, 0.05) is 0 Å². The normalized spacial score (nSPS) is 13.6. The molecule has 2 aromatic rings. The molecule has 0 saturated carbocycles. The molecule has 20 heavy (non-hydrogen) atoms. The van der Waals surface area contributed by atoms with E-state index < -0.39 is 0 Å². The summed E-state index contributed by atoms with van der Waals surface area (Å²) in [5, 5.41) is 12.7. The standard InChI is InChI=1S/C15H10ClNO3/c1-20-9-6-7-11-13(8-9)17(19)14(15(11)18)10-4-2-3-5-12(10)16/h2-8H,1H3. The Morgan fingerprint density at radius 1 is 1.15 bits per heavy atom. The summed E-state index contributed by atoms with van der Waals surface area (Å²) in [6, 6.07) is 11.6. The van der Waals surface area contributed by atoms with Crippen molar-refractivity contribution in [3.05, 3.63) is 63.8 Å². The molecule has 0 saturated heterocycles. The van der Waals surface area contributed by atoms with Gasteiger partial charge in [-0.1, -0.05) is 23.7 Å². The molecule has 0 amide bonds. The van der Waals surface area contributed by atoms with Crippen LogP contribution in [0.2, 0.25) is 5.02 Å². The molecule has 0 unspecified atom stereocenters. The van der Waals surface area contributed by atoms with E-state index in [0.717, 1.165) is 0 Å². The van der Waals surface area contributed by atoms with Gasteiger partial charge in [-0.25, -0.2) is 0 Å². The number of ketones is 1. The van der Waals surface area contributed by atoms with Gasteiger partial charge in [-0.15, -0.1) is 0 Å². The minimum atomic E-state index is -0.328. The predicted molar refractivity (Wildman–Crippen MR) is 76.2 cm³/mol. The summed E-state index contributed by atoms with van der Waals surface area (Å²) in [6.45, 7) is 0. The molecule has 1 aliphatic heterocycles. The van der Waals surface area contributed by atoms with Crippen LogP contribution in [0.15, 0.2) is 42.5 Å². The van der Waals surface area contributed by atoms with Crippen molar-refractivity contribution in [2.75, 3.05) is 7.11 Å². The molecule has 4 nitrogen and oxygen atoms in total. The highest BCUT2D eigenvalue weighted by atomic mass is 35.5. The molecule has 0 spiro atoms. The van der Waals surface area contributed by atoms with Crippen LogP contribution in [0, 0.1) is 5.21 Å². The van der Waals surface area contributed by atoms with Crippen LogP contribution < -0.4 is 4.74 Å². The highest BCUT2D eigenvalue weighted by Crippen LogP contribution is 2.32. The Hall–Kier alpha value is -2.33. The zero-order valence-corrected chi connectivity index (χ0v) is 11.3. The van der Waals surface area contributed by atoms with Crippen LogP contribution in [-0.2, 0) is 0 Å². The number of hydrogen-bond donors (Lipinski definition) is 0. The second kappa shape index (κ2) is 4.65. The van der Waals surface area contributed by atoms with Gasteiger partial charge in [0.15, 0.2) is 0 Å². The summed E-state index contributed by atoms with van der Waals surface area (Å²) in [5.41, 5.74) is 1.11. The van der Waals surface area contributed by atoms with Crippen molar-refractivity contribution in [2.45, 2.75) is 0 Å². The Morgan fingerprint density at radius 2 is 1.90 bits per heavy atom. The van der Waals surface area contributed by atoms with Gasteiger partial charge in [0.05, 0.1) is 23.8 Å². The summed E-state index contributed by atoms with van der Waals surface area (Å²) < 4.78 is 5.69. The molecule has 0 aliphatic carbocycles. The quantitative estimate of drug-likeness (QED) is 0.630. The second-order valence-corrected chi connectivity index (χ2v) is 4.74. The van der Waals surface area contributed by atoms with Crippen LogP contribution in [0.5, 0.6) is 5.75 Å². The molecule has 3 rings (SSSR count). The van der Waals surface area contributed by atoms with Crippen molar-refractivity contribution in [1.82, 2.24) is 0 Å². The lowest BCUT2D eigenvalue weighted by molar-refractivity contribution is -0.355. The Balaban J connectivity index is 2.21. The Morgan fingerprint density at radius 3 is 2.60 bits per heavy atom. The second-order valence-electron chi connectivity index (χ2n) is 4.34. The van der Waals surface area contributed by atoms with Gasteiger partial charge in [0.25, 0.3) is 11.5 Å². The van der Waals surface area contributed by atoms with Crippen molar-refractivity contribution in [3.8, 4) is 5.75 Å². The van der Waals surface area contributed by atoms with Gasteiger partial charge in [-0.05, 0) is 24.3 Å². The van der Waals surface area contributed by atoms with E-state index in [2.05, 4.69) is 0 Å². The van der Waals surface area contributed by atoms with Gasteiger partial charge >= 0.3 is 0 Å². The van der Waals surface area contributed by atoms with Crippen LogP contribution in [0.25, 0.3) is 0 Å². The number of benzene rings is 2. The number of carbonyl (C=O) groups is 1. The zero-order valence-electron chi connectivity index (χ0n) is 10.6. The maximum atomic E-state index is 12.4. The van der Waals surface area contributed by atoms with Crippen molar-refractivity contribution in [2.24, 2.45) is 0 Å². The summed E-state index contributed by atoms with van der Waals surface area (Å²) in [6.07, 6.45) is 0. The first-order valence-corrected chi connectivity index (χ1v) is 6.33. The molecule has 0 atom stereocenters. The third-order valence-corrected chi connectivity index (χ3v) is 3.55. The first-order valence-electron chi connectivity index (χ1n) is 5.95. The minimum absolute atomic E-state index is 0.0406. The van der Waals surface area contributed by atoms with E-state index in [-0.39, 0.29) is 17.2 Å². The molecule has 100 valence electrons. The summed E-state index contributed by atoms with van der Waals surface area (Å²) in [5.74, 6) is 0.198. The van der Waals surface area contributed by atoms with E-state index in [1.807, 2.05) is 0 Å². The maximum absolute atomic E-state index is 12.4. The Kier molecular flexibility index (Phi) is 2.95. The SMILES string of the molecule is COc1ccc2c(c1)[N+]([O-])=C(c1ccccc1Cl)C2=O. The van der Waals surface area contributed by atoms with E-state index in [0.29, 0.717) is 26.6 Å². The van der Waals surface area contributed by atoms with Crippen molar-refractivity contribution >= 4 is 28.8 Å². The fraction of sp³-hybridized carbons (Fsp3) is 0.0667. The minimum Gasteiger partial charge on any atom is -0.618 e. The molecule has 0 fully saturated rings. The Bertz CT molecular complexity index is 753. The average molecular weight is 288 g/mol. The lowest BCUT2D eigenvalue weighted by Crippen LogP contribution is -2.16. The summed E-state index contributed by atoms with van der Waals surface area (Å²) in [4.78, 5) is 12.4. The number of hydrogen-bond acceptors (Lipinski definition) is 3. The smallest absolute Gasteiger partial charge is 0.274 e. The number of halogens is 1. The molecule has 1 heterocycles. The largest absolute Gasteiger partial charge is 0.618 e. The van der Waals surface area contributed by atoms with Gasteiger partial charge in [0.2, 0.25) is 5.69 Å². The lowest BCUT2D eigenvalue weighted by Gasteiger charge is -2.04. The number of methoxy groups -OCH3 is 1. The maximum Gasteiger partial charge on any atom is 0.274 e. The third-order valence-electron chi connectivity index (χ3n) is 3.22. The highest BCUT2D eigenvalue weighted by molar-refractivity contribution is 6.54. The van der Waals surface area contributed by atoms with Crippen LogP contribution >= 0.6 is 11.6 Å². The van der Waals surface area contributed by atoms with E-state index in [4.69, 9.17) is 16.3 Å². The average Bonchev–Trinajstić information content (AvgIpc) is 2.71. The molecule has 1 aliphatic rings. The van der Waals surface area contributed by atoms with Crippen LogP contribution in [-0.4, -0.2) is 23.3 Å². The van der Waals surface area contributed by atoms with Crippen LogP contribution in [0.1, 0.15) is 15.9 Å². The van der Waals surface area contributed by atoms with E-state index in [9.17, 15) is 10.0 Å². The fourth-order valence-corrected chi connectivity index (χ4v) is 2.45. The monoisotopic (exact) mass is 287 g/mol. The van der Waals surface area contributed by atoms with E-state index in [1.165, 1.54) is 7.11 Å². The fourth-order valence-electron chi connectivity index (χ4n) is 2.22. The first-order chi connectivity index (χ1) is 9.63. The van der Waals surface area contributed by atoms with E-state index >= 15 is 0 Å². The number of nitrogens with zero attached hydrogens (tertiary/aromatic N) is 1. The Labute approximate surface area is 120 Å². The van der Waals surface area contributed by atoms with Crippen molar-refractivity contribution in [1.29, 1.82) is 0 Å². The highest BCUT2D eigenvalue weighted by Gasteiger charge is 2.37. The molecule has 5 heteroatoms. The first kappa shape index (κ1) is 12.7. The molecular formula is C15H10ClNO3. The van der Waals surface area contributed by atoms with Crippen LogP contribution in [0.3, 0.4) is 0 Å². The van der Waals surface area contributed by atoms with Gasteiger partial charge in [-0.3, -0.25) is 4.79 Å². The number of fused-ring (bicyclic) bond motifs is 1. The van der Waals surface area contributed by atoms with E-state index in [1.54, 1.807) is 42.5 Å². The predicted octanol–water partition coefficient (Wildman–Crippen LogP) is 3.18. The number of Topliss-reactive ketones (excluding diaryl/α,β-unsaturated/α-hetero) is 1. The summed E-state index contributed by atoms with van der Waals surface area (Å²) in [7, 11) is 1.51. The van der Waals surface area contributed by atoms with Crippen LogP contribution in [0.4, 0.5) is 5.69 Å². The molecular weight excluding hydrogens is 278 g/mol. The van der Waals surface area contributed by atoms with Crippen molar-refractivity contribution in [3.63, 3.8) is 0 Å². The summed E-state index contributed by atoms with van der Waals surface area (Å²) >= 11 is 6.07. The van der Waals surface area contributed by atoms with Gasteiger partial charge in [0.1, 0.15) is 11.3 Å². The number of carbonyl (C=O) groups excluding carboxylic acids is 1.